The van der Waals surface area contributed by atoms with Gasteiger partial charge in [0.15, 0.2) is 0 Å². The number of benzene rings is 2. The molecule has 130 valence electrons. The molecule has 0 radical (unpaired) electrons. The molecule has 0 amide bonds. The molecule has 3 heteroatoms. The van der Waals surface area contributed by atoms with Gasteiger partial charge in [0.1, 0.15) is 0 Å². The lowest BCUT2D eigenvalue weighted by atomic mass is 9.96. The first-order chi connectivity index (χ1) is 12.2. The van der Waals surface area contributed by atoms with E-state index >= 15 is 0 Å². The number of hydrogen-bond donors (Lipinski definition) is 0. The molecule has 4 rings (SSSR count). The van der Waals surface area contributed by atoms with Crippen LogP contribution in [0.25, 0.3) is 5.57 Å². The maximum atomic E-state index is 6.29. The quantitative estimate of drug-likeness (QED) is 0.516. The third-order valence-electron chi connectivity index (χ3n) is 5.41. The third kappa shape index (κ3) is 3.67. The molecule has 2 aromatic carbocycles. The molecule has 2 aliphatic rings. The predicted molar refractivity (Wildman–Crippen MR) is 109 cm³/mol. The predicted octanol–water partition coefficient (Wildman–Crippen LogP) is 6.50. The summed E-state index contributed by atoms with van der Waals surface area (Å²) in [5.41, 5.74) is 3.96. The van der Waals surface area contributed by atoms with E-state index in [-0.39, 0.29) is 0 Å². The van der Waals surface area contributed by atoms with Gasteiger partial charge in [-0.15, -0.1) is 0 Å². The molecule has 0 bridgehead atoms. The van der Waals surface area contributed by atoms with Gasteiger partial charge in [-0.1, -0.05) is 60.5 Å². The van der Waals surface area contributed by atoms with Crippen molar-refractivity contribution >= 4 is 28.9 Å². The van der Waals surface area contributed by atoms with Crippen LogP contribution in [-0.2, 0) is 0 Å². The van der Waals surface area contributed by atoms with Gasteiger partial charge in [0.05, 0.1) is 0 Å². The number of nitrogens with zero attached hydrogens (tertiary/aromatic N) is 1. The fourth-order valence-corrected chi connectivity index (χ4v) is 5.26. The first kappa shape index (κ1) is 17.2. The van der Waals surface area contributed by atoms with Crippen molar-refractivity contribution in [3.05, 3.63) is 64.7 Å². The van der Waals surface area contributed by atoms with E-state index in [0.29, 0.717) is 0 Å². The van der Waals surface area contributed by atoms with Gasteiger partial charge >= 0.3 is 0 Å². The molecule has 0 spiro atoms. The monoisotopic (exact) mass is 369 g/mol. The molecule has 2 aromatic rings. The smallest absolute Gasteiger partial charge is 0.0412 e. The van der Waals surface area contributed by atoms with Crippen LogP contribution in [-0.4, -0.2) is 24.5 Å². The lowest BCUT2D eigenvalue weighted by Crippen LogP contribution is -2.29. The highest BCUT2D eigenvalue weighted by Gasteiger charge is 2.21. The molecule has 1 nitrogen and oxygen atoms in total. The summed E-state index contributed by atoms with van der Waals surface area (Å²) in [6.45, 7) is 1.12. The molecule has 25 heavy (non-hydrogen) atoms. The summed E-state index contributed by atoms with van der Waals surface area (Å²) in [4.78, 5) is 5.19. The van der Waals surface area contributed by atoms with Crippen molar-refractivity contribution in [3.63, 3.8) is 0 Å². The summed E-state index contributed by atoms with van der Waals surface area (Å²) in [6, 6.07) is 15.8. The van der Waals surface area contributed by atoms with Crippen molar-refractivity contribution in [2.24, 2.45) is 0 Å². The van der Waals surface area contributed by atoms with E-state index in [1.54, 1.807) is 0 Å². The molecule has 0 N–H and O–H groups in total. The molecule has 1 saturated carbocycles. The molecule has 0 unspecified atom stereocenters. The number of fused-ring (bicyclic) bond motifs is 2. The first-order valence-electron chi connectivity index (χ1n) is 9.20. The summed E-state index contributed by atoms with van der Waals surface area (Å²) in [5.74, 6) is 0. The van der Waals surface area contributed by atoms with Gasteiger partial charge in [0.25, 0.3) is 0 Å². The number of rotatable bonds is 4. The molecule has 0 aromatic heterocycles. The Morgan fingerprint density at radius 3 is 2.68 bits per heavy atom. The molecule has 0 saturated heterocycles. The van der Waals surface area contributed by atoms with Crippen LogP contribution in [0.15, 0.2) is 58.3 Å². The average Bonchev–Trinajstić information content (AvgIpc) is 3.16. The molecule has 1 fully saturated rings. The summed E-state index contributed by atoms with van der Waals surface area (Å²) < 4.78 is 0. The second-order valence-corrected chi connectivity index (χ2v) is 8.58. The van der Waals surface area contributed by atoms with Gasteiger partial charge in [-0.2, -0.15) is 0 Å². The van der Waals surface area contributed by atoms with E-state index in [4.69, 9.17) is 11.6 Å². The minimum absolute atomic E-state index is 0.786. The average molecular weight is 370 g/mol. The van der Waals surface area contributed by atoms with E-state index in [9.17, 15) is 0 Å². The summed E-state index contributed by atoms with van der Waals surface area (Å²) >= 11 is 8.14. The topological polar surface area (TPSA) is 3.24 Å². The lowest BCUT2D eigenvalue weighted by molar-refractivity contribution is 0.250. The van der Waals surface area contributed by atoms with Crippen LogP contribution in [0, 0.1) is 0 Å². The Labute approximate surface area is 160 Å². The van der Waals surface area contributed by atoms with Gasteiger partial charge in [-0.05, 0) is 67.3 Å². The number of halogens is 1. The van der Waals surface area contributed by atoms with Crippen LogP contribution in [0.5, 0.6) is 0 Å². The summed E-state index contributed by atoms with van der Waals surface area (Å²) in [5, 5.41) is 0.813. The van der Waals surface area contributed by atoms with E-state index in [2.05, 4.69) is 54.4 Å². The van der Waals surface area contributed by atoms with Crippen molar-refractivity contribution in [1.82, 2.24) is 4.90 Å². The highest BCUT2D eigenvalue weighted by molar-refractivity contribution is 7.99. The van der Waals surface area contributed by atoms with Crippen molar-refractivity contribution in [1.29, 1.82) is 0 Å². The highest BCUT2D eigenvalue weighted by Crippen LogP contribution is 2.46. The molecular weight excluding hydrogens is 346 g/mol. The van der Waals surface area contributed by atoms with E-state index in [1.165, 1.54) is 52.2 Å². The van der Waals surface area contributed by atoms with Crippen LogP contribution in [0.4, 0.5) is 0 Å². The Morgan fingerprint density at radius 2 is 1.84 bits per heavy atom. The molecule has 1 aliphatic heterocycles. The van der Waals surface area contributed by atoms with Gasteiger partial charge in [-0.25, -0.2) is 0 Å². The Bertz CT molecular complexity index is 792. The lowest BCUT2D eigenvalue weighted by Gasteiger charge is -2.25. The summed E-state index contributed by atoms with van der Waals surface area (Å²) in [6.07, 6.45) is 9.02. The van der Waals surface area contributed by atoms with Crippen LogP contribution < -0.4 is 0 Å². The zero-order valence-corrected chi connectivity index (χ0v) is 16.2. The molecule has 1 aliphatic carbocycles. The zero-order chi connectivity index (χ0) is 17.2. The minimum Gasteiger partial charge on any atom is -0.303 e. The van der Waals surface area contributed by atoms with Gasteiger partial charge in [0, 0.05) is 27.4 Å². The fraction of sp³-hybridized carbons (Fsp3) is 0.364. The largest absolute Gasteiger partial charge is 0.303 e. The second-order valence-electron chi connectivity index (χ2n) is 7.06. The molecule has 1 heterocycles. The summed E-state index contributed by atoms with van der Waals surface area (Å²) in [7, 11) is 2.28. The maximum absolute atomic E-state index is 6.29. The third-order valence-corrected chi connectivity index (χ3v) is 6.79. The van der Waals surface area contributed by atoms with Crippen LogP contribution >= 0.6 is 23.4 Å². The Balaban J connectivity index is 1.60. The van der Waals surface area contributed by atoms with Crippen LogP contribution in [0.1, 0.15) is 43.2 Å². The van der Waals surface area contributed by atoms with Crippen molar-refractivity contribution in [2.75, 3.05) is 13.6 Å². The SMILES string of the molecule is CN(CC/C=C1/c2ccccc2Sc2ccc(Cl)cc21)C1CCCC1. The zero-order valence-electron chi connectivity index (χ0n) is 14.7. The van der Waals surface area contributed by atoms with Crippen LogP contribution in [0.2, 0.25) is 5.02 Å². The first-order valence-corrected chi connectivity index (χ1v) is 10.4. The van der Waals surface area contributed by atoms with Crippen molar-refractivity contribution in [3.8, 4) is 0 Å². The Kier molecular flexibility index (Phi) is 5.21. The van der Waals surface area contributed by atoms with Crippen molar-refractivity contribution < 1.29 is 0 Å². The minimum atomic E-state index is 0.786. The van der Waals surface area contributed by atoms with Gasteiger partial charge < -0.3 is 4.90 Å². The van der Waals surface area contributed by atoms with E-state index in [1.807, 2.05) is 17.8 Å². The Morgan fingerprint density at radius 1 is 1.08 bits per heavy atom. The fourth-order valence-electron chi connectivity index (χ4n) is 4.00. The molecular formula is C22H24ClNS. The van der Waals surface area contributed by atoms with Gasteiger partial charge in [0.2, 0.25) is 0 Å². The standard InChI is InChI=1S/C22H24ClNS/c1-24(17-7-2-3-8-17)14-6-10-18-19-9-4-5-11-21(19)25-22-13-12-16(23)15-20(18)22/h4-5,9-13,15,17H,2-3,6-8,14H2,1H3/b18-10-. The van der Waals surface area contributed by atoms with E-state index in [0.717, 1.165) is 24.0 Å². The normalized spacial score (nSPS) is 18.6. The van der Waals surface area contributed by atoms with Crippen LogP contribution in [0.3, 0.4) is 0 Å². The number of hydrogen-bond acceptors (Lipinski definition) is 2. The van der Waals surface area contributed by atoms with E-state index < -0.39 is 0 Å². The Hall–Kier alpha value is -1.22. The highest BCUT2D eigenvalue weighted by atomic mass is 35.5. The van der Waals surface area contributed by atoms with Crippen molar-refractivity contribution in [2.45, 2.75) is 47.9 Å². The molecule has 0 atom stereocenters. The second kappa shape index (κ2) is 7.57. The maximum Gasteiger partial charge on any atom is 0.0412 e. The van der Waals surface area contributed by atoms with Gasteiger partial charge in [-0.3, -0.25) is 0 Å².